The summed E-state index contributed by atoms with van der Waals surface area (Å²) >= 11 is 1.50. The van der Waals surface area contributed by atoms with Crippen molar-refractivity contribution in [1.29, 1.82) is 0 Å². The highest BCUT2D eigenvalue weighted by Crippen LogP contribution is 2.32. The SMILES string of the molecule is CSc1nc(NN)cc(NC2CCCc3ccccc32)n1. The fourth-order valence-electron chi connectivity index (χ4n) is 2.75. The zero-order chi connectivity index (χ0) is 14.7. The van der Waals surface area contributed by atoms with E-state index in [1.807, 2.05) is 12.3 Å². The molecule has 3 rings (SSSR count). The average molecular weight is 301 g/mol. The molecule has 1 aromatic heterocycles. The van der Waals surface area contributed by atoms with Crippen molar-refractivity contribution in [3.8, 4) is 0 Å². The molecule has 0 saturated carbocycles. The van der Waals surface area contributed by atoms with Crippen molar-refractivity contribution in [1.82, 2.24) is 9.97 Å². The topological polar surface area (TPSA) is 75.9 Å². The monoisotopic (exact) mass is 301 g/mol. The average Bonchev–Trinajstić information content (AvgIpc) is 2.55. The molecule has 4 N–H and O–H groups in total. The molecule has 6 heteroatoms. The van der Waals surface area contributed by atoms with Crippen LogP contribution in [-0.2, 0) is 6.42 Å². The largest absolute Gasteiger partial charge is 0.363 e. The van der Waals surface area contributed by atoms with E-state index >= 15 is 0 Å². The van der Waals surface area contributed by atoms with Crippen LogP contribution in [0.5, 0.6) is 0 Å². The lowest BCUT2D eigenvalue weighted by Gasteiger charge is -2.27. The van der Waals surface area contributed by atoms with Gasteiger partial charge in [0, 0.05) is 6.07 Å². The number of hydrogen-bond donors (Lipinski definition) is 3. The Morgan fingerprint density at radius 2 is 2.05 bits per heavy atom. The molecule has 0 aliphatic heterocycles. The van der Waals surface area contributed by atoms with Crippen LogP contribution in [0.15, 0.2) is 35.5 Å². The number of nitrogens with zero attached hydrogens (tertiary/aromatic N) is 2. The molecule has 0 radical (unpaired) electrons. The first-order chi connectivity index (χ1) is 10.3. The minimum Gasteiger partial charge on any atom is -0.363 e. The van der Waals surface area contributed by atoms with Crippen LogP contribution in [0.25, 0.3) is 0 Å². The molecule has 21 heavy (non-hydrogen) atoms. The number of anilines is 2. The van der Waals surface area contributed by atoms with Crippen molar-refractivity contribution < 1.29 is 0 Å². The number of nitrogens with one attached hydrogen (secondary N) is 2. The molecule has 0 bridgehead atoms. The summed E-state index contributed by atoms with van der Waals surface area (Å²) in [4.78, 5) is 8.80. The van der Waals surface area contributed by atoms with Gasteiger partial charge < -0.3 is 10.7 Å². The van der Waals surface area contributed by atoms with Gasteiger partial charge in [0.1, 0.15) is 11.6 Å². The van der Waals surface area contributed by atoms with Gasteiger partial charge in [-0.2, -0.15) is 0 Å². The molecule has 0 fully saturated rings. The van der Waals surface area contributed by atoms with Crippen molar-refractivity contribution in [2.45, 2.75) is 30.5 Å². The minimum atomic E-state index is 0.296. The van der Waals surface area contributed by atoms with Crippen molar-refractivity contribution in [2.75, 3.05) is 17.0 Å². The summed E-state index contributed by atoms with van der Waals surface area (Å²) in [6.07, 6.45) is 5.41. The molecule has 1 heterocycles. The number of hydrazine groups is 1. The highest BCUT2D eigenvalue weighted by atomic mass is 32.2. The van der Waals surface area contributed by atoms with Crippen molar-refractivity contribution in [2.24, 2.45) is 5.84 Å². The third-order valence-corrected chi connectivity index (χ3v) is 4.28. The number of nitrogen functional groups attached to an aromatic ring is 1. The molecular formula is C15H19N5S. The molecular weight excluding hydrogens is 282 g/mol. The Balaban J connectivity index is 1.87. The summed E-state index contributed by atoms with van der Waals surface area (Å²) in [5.74, 6) is 6.91. The van der Waals surface area contributed by atoms with Crippen LogP contribution in [0.4, 0.5) is 11.6 Å². The molecule has 1 aliphatic carbocycles. The van der Waals surface area contributed by atoms with Crippen LogP contribution < -0.4 is 16.6 Å². The molecule has 1 atom stereocenters. The van der Waals surface area contributed by atoms with Crippen LogP contribution in [0.2, 0.25) is 0 Å². The first-order valence-corrected chi connectivity index (χ1v) is 8.26. The Hall–Kier alpha value is -1.79. The van der Waals surface area contributed by atoms with Crippen molar-refractivity contribution in [3.63, 3.8) is 0 Å². The predicted molar refractivity (Wildman–Crippen MR) is 87.4 cm³/mol. The lowest BCUT2D eigenvalue weighted by Crippen LogP contribution is -2.18. The van der Waals surface area contributed by atoms with Gasteiger partial charge in [0.2, 0.25) is 0 Å². The summed E-state index contributed by atoms with van der Waals surface area (Å²) in [6, 6.07) is 10.8. The summed E-state index contributed by atoms with van der Waals surface area (Å²) in [6.45, 7) is 0. The van der Waals surface area contributed by atoms with E-state index in [4.69, 9.17) is 5.84 Å². The molecule has 1 aliphatic rings. The maximum Gasteiger partial charge on any atom is 0.191 e. The number of thioether (sulfide) groups is 1. The molecule has 1 aromatic carbocycles. The molecule has 1 unspecified atom stereocenters. The van der Waals surface area contributed by atoms with E-state index in [0.29, 0.717) is 17.0 Å². The van der Waals surface area contributed by atoms with Crippen molar-refractivity contribution >= 4 is 23.4 Å². The van der Waals surface area contributed by atoms with Gasteiger partial charge in [-0.3, -0.25) is 0 Å². The Morgan fingerprint density at radius 3 is 2.86 bits per heavy atom. The molecule has 0 saturated heterocycles. The van der Waals surface area contributed by atoms with Gasteiger partial charge in [-0.25, -0.2) is 15.8 Å². The summed E-state index contributed by atoms with van der Waals surface area (Å²) in [7, 11) is 0. The number of benzene rings is 1. The van der Waals surface area contributed by atoms with E-state index in [9.17, 15) is 0 Å². The number of aryl methyl sites for hydroxylation is 1. The van der Waals surface area contributed by atoms with Gasteiger partial charge in [-0.05, 0) is 36.6 Å². The molecule has 110 valence electrons. The number of nitrogens with two attached hydrogens (primary N) is 1. The van der Waals surface area contributed by atoms with Gasteiger partial charge in [0.15, 0.2) is 5.16 Å². The second kappa shape index (κ2) is 6.32. The van der Waals surface area contributed by atoms with Gasteiger partial charge >= 0.3 is 0 Å². The highest BCUT2D eigenvalue weighted by Gasteiger charge is 2.20. The Morgan fingerprint density at radius 1 is 1.24 bits per heavy atom. The second-order valence-electron chi connectivity index (χ2n) is 5.06. The van der Waals surface area contributed by atoms with Gasteiger partial charge in [0.05, 0.1) is 6.04 Å². The maximum absolute atomic E-state index is 5.47. The lowest BCUT2D eigenvalue weighted by atomic mass is 9.88. The first-order valence-electron chi connectivity index (χ1n) is 7.04. The predicted octanol–water partition coefficient (Wildman–Crippen LogP) is 2.97. The zero-order valence-corrected chi connectivity index (χ0v) is 12.8. The maximum atomic E-state index is 5.47. The van der Waals surface area contributed by atoms with Crippen LogP contribution in [0.1, 0.15) is 30.0 Å². The lowest BCUT2D eigenvalue weighted by molar-refractivity contribution is 0.597. The summed E-state index contributed by atoms with van der Waals surface area (Å²) < 4.78 is 0. The van der Waals surface area contributed by atoms with E-state index in [2.05, 4.69) is 45.0 Å². The van der Waals surface area contributed by atoms with Crippen molar-refractivity contribution in [3.05, 3.63) is 41.5 Å². The molecule has 0 spiro atoms. The summed E-state index contributed by atoms with van der Waals surface area (Å²) in [5, 5.41) is 4.23. The smallest absolute Gasteiger partial charge is 0.191 e. The van der Waals surface area contributed by atoms with E-state index in [1.54, 1.807) is 0 Å². The minimum absolute atomic E-state index is 0.296. The van der Waals surface area contributed by atoms with E-state index in [0.717, 1.165) is 18.7 Å². The first kappa shape index (κ1) is 14.2. The molecule has 0 amide bonds. The fourth-order valence-corrected chi connectivity index (χ4v) is 3.13. The standard InChI is InChI=1S/C15H19N5S/c1-21-15-18-13(9-14(19-15)20-16)17-12-8-4-6-10-5-2-3-7-11(10)12/h2-3,5,7,9,12H,4,6,8,16H2,1H3,(H2,17,18,19,20). The van der Waals surface area contributed by atoms with Gasteiger partial charge in [-0.15, -0.1) is 0 Å². The number of aromatic nitrogens is 2. The van der Waals surface area contributed by atoms with E-state index < -0.39 is 0 Å². The third-order valence-electron chi connectivity index (χ3n) is 3.73. The Labute approximate surface area is 128 Å². The Bertz CT molecular complexity index is 609. The summed E-state index contributed by atoms with van der Waals surface area (Å²) in [5.41, 5.74) is 5.39. The van der Waals surface area contributed by atoms with Gasteiger partial charge in [-0.1, -0.05) is 36.0 Å². The second-order valence-corrected chi connectivity index (χ2v) is 5.83. The quantitative estimate of drug-likeness (QED) is 0.349. The number of rotatable bonds is 4. The molecule has 2 aromatic rings. The molecule has 5 nitrogen and oxygen atoms in total. The fraction of sp³-hybridized carbons (Fsp3) is 0.333. The van der Waals surface area contributed by atoms with Crippen LogP contribution in [-0.4, -0.2) is 16.2 Å². The van der Waals surface area contributed by atoms with Crippen LogP contribution >= 0.6 is 11.8 Å². The van der Waals surface area contributed by atoms with E-state index in [-0.39, 0.29) is 0 Å². The van der Waals surface area contributed by atoms with Crippen LogP contribution in [0, 0.1) is 0 Å². The van der Waals surface area contributed by atoms with E-state index in [1.165, 1.54) is 29.3 Å². The highest BCUT2D eigenvalue weighted by molar-refractivity contribution is 7.98. The normalized spacial score (nSPS) is 17.1. The third kappa shape index (κ3) is 3.11. The zero-order valence-electron chi connectivity index (χ0n) is 12.0. The Kier molecular flexibility index (Phi) is 4.26. The van der Waals surface area contributed by atoms with Crippen LogP contribution in [0.3, 0.4) is 0 Å². The number of hydrogen-bond acceptors (Lipinski definition) is 6. The van der Waals surface area contributed by atoms with Gasteiger partial charge in [0.25, 0.3) is 0 Å². The number of fused-ring (bicyclic) bond motifs is 1.